The lowest BCUT2D eigenvalue weighted by atomic mass is 10.2. The third-order valence-corrected chi connectivity index (χ3v) is 2.46. The van der Waals surface area contributed by atoms with Crippen LogP contribution in [0, 0.1) is 17.2 Å². The Kier molecular flexibility index (Phi) is 4.42. The van der Waals surface area contributed by atoms with Gasteiger partial charge in [-0.15, -0.1) is 5.10 Å². The van der Waals surface area contributed by atoms with Gasteiger partial charge in [-0.25, -0.2) is 9.67 Å². The molecule has 20 heavy (non-hydrogen) atoms. The van der Waals surface area contributed by atoms with E-state index in [0.717, 1.165) is 0 Å². The zero-order chi connectivity index (χ0) is 14.5. The maximum absolute atomic E-state index is 8.64. The lowest BCUT2D eigenvalue weighted by Crippen LogP contribution is -2.08. The molecule has 2 aromatic heterocycles. The molecular formula is C12H16N6O2. The van der Waals surface area contributed by atoms with Crippen molar-refractivity contribution in [2.24, 2.45) is 5.92 Å². The standard InChI is InChI=1S/C12H16N6O2/c1-8(2)6-19-9(3)12-15-11(20-17-12)5-18-7-14-10(4-13)16-18/h7-9H,5-6H2,1-3H3. The van der Waals surface area contributed by atoms with E-state index in [1.54, 1.807) is 0 Å². The Morgan fingerprint density at radius 1 is 1.45 bits per heavy atom. The van der Waals surface area contributed by atoms with Crippen molar-refractivity contribution in [2.75, 3.05) is 6.61 Å². The fraction of sp³-hybridized carbons (Fsp3) is 0.583. The van der Waals surface area contributed by atoms with Crippen LogP contribution in [0.3, 0.4) is 0 Å². The van der Waals surface area contributed by atoms with Crippen LogP contribution in [0.2, 0.25) is 0 Å². The first-order chi connectivity index (χ1) is 9.58. The fourth-order valence-corrected chi connectivity index (χ4v) is 1.47. The maximum Gasteiger partial charge on any atom is 0.252 e. The summed E-state index contributed by atoms with van der Waals surface area (Å²) in [4.78, 5) is 8.04. The molecule has 106 valence electrons. The molecule has 0 spiro atoms. The van der Waals surface area contributed by atoms with Gasteiger partial charge in [0.2, 0.25) is 5.89 Å². The van der Waals surface area contributed by atoms with E-state index < -0.39 is 0 Å². The predicted octanol–water partition coefficient (Wildman–Crippen LogP) is 1.31. The van der Waals surface area contributed by atoms with E-state index in [4.69, 9.17) is 14.5 Å². The Morgan fingerprint density at radius 2 is 2.25 bits per heavy atom. The lowest BCUT2D eigenvalue weighted by Gasteiger charge is -2.10. The van der Waals surface area contributed by atoms with Crippen molar-refractivity contribution < 1.29 is 9.26 Å². The second-order valence-corrected chi connectivity index (χ2v) is 4.79. The number of nitrogens with zero attached hydrogens (tertiary/aromatic N) is 6. The van der Waals surface area contributed by atoms with Crippen LogP contribution in [0.4, 0.5) is 0 Å². The molecule has 1 atom stereocenters. The maximum atomic E-state index is 8.64. The Bertz CT molecular complexity index is 597. The highest BCUT2D eigenvalue weighted by Gasteiger charge is 2.15. The topological polar surface area (TPSA) is 103 Å². The first-order valence-corrected chi connectivity index (χ1v) is 6.32. The zero-order valence-corrected chi connectivity index (χ0v) is 11.6. The van der Waals surface area contributed by atoms with Crippen LogP contribution in [0.1, 0.15) is 44.4 Å². The summed E-state index contributed by atoms with van der Waals surface area (Å²) >= 11 is 0. The zero-order valence-electron chi connectivity index (χ0n) is 11.6. The Labute approximate surface area is 116 Å². The molecule has 0 saturated heterocycles. The second-order valence-electron chi connectivity index (χ2n) is 4.79. The number of rotatable bonds is 6. The van der Waals surface area contributed by atoms with Crippen molar-refractivity contribution in [2.45, 2.75) is 33.4 Å². The van der Waals surface area contributed by atoms with Crippen molar-refractivity contribution in [3.63, 3.8) is 0 Å². The molecule has 0 fully saturated rings. The van der Waals surface area contributed by atoms with Gasteiger partial charge in [0, 0.05) is 6.61 Å². The third-order valence-electron chi connectivity index (χ3n) is 2.46. The molecule has 0 aliphatic heterocycles. The van der Waals surface area contributed by atoms with Gasteiger partial charge in [0.1, 0.15) is 25.0 Å². The molecule has 2 rings (SSSR count). The number of aromatic nitrogens is 5. The molecule has 0 aliphatic carbocycles. The quantitative estimate of drug-likeness (QED) is 0.783. The van der Waals surface area contributed by atoms with E-state index in [-0.39, 0.29) is 18.5 Å². The summed E-state index contributed by atoms with van der Waals surface area (Å²) in [5, 5.41) is 16.4. The molecule has 0 saturated carbocycles. The van der Waals surface area contributed by atoms with Gasteiger partial charge in [0.15, 0.2) is 5.82 Å². The van der Waals surface area contributed by atoms with Gasteiger partial charge < -0.3 is 9.26 Å². The summed E-state index contributed by atoms with van der Waals surface area (Å²) < 4.78 is 12.2. The van der Waals surface area contributed by atoms with Gasteiger partial charge in [0.25, 0.3) is 5.82 Å². The third kappa shape index (κ3) is 3.61. The SMILES string of the molecule is CC(C)COC(C)c1noc(Cn2cnc(C#N)n2)n1. The fourth-order valence-electron chi connectivity index (χ4n) is 1.47. The van der Waals surface area contributed by atoms with Crippen LogP contribution in [0.5, 0.6) is 0 Å². The average molecular weight is 276 g/mol. The van der Waals surface area contributed by atoms with E-state index in [2.05, 4.69) is 34.1 Å². The molecule has 0 aromatic carbocycles. The number of nitriles is 1. The second kappa shape index (κ2) is 6.25. The largest absolute Gasteiger partial charge is 0.370 e. The minimum Gasteiger partial charge on any atom is -0.370 e. The molecule has 0 bridgehead atoms. The first kappa shape index (κ1) is 14.1. The molecule has 2 aromatic rings. The number of hydrogen-bond donors (Lipinski definition) is 0. The van der Waals surface area contributed by atoms with Crippen LogP contribution in [-0.4, -0.2) is 31.5 Å². The van der Waals surface area contributed by atoms with Crippen molar-refractivity contribution in [1.82, 2.24) is 24.9 Å². The highest BCUT2D eigenvalue weighted by atomic mass is 16.5. The normalized spacial score (nSPS) is 12.6. The molecule has 8 heteroatoms. The molecular weight excluding hydrogens is 260 g/mol. The van der Waals surface area contributed by atoms with Crippen molar-refractivity contribution in [3.8, 4) is 6.07 Å². The van der Waals surface area contributed by atoms with Gasteiger partial charge in [-0.05, 0) is 12.8 Å². The summed E-state index contributed by atoms with van der Waals surface area (Å²) in [6.07, 6.45) is 1.22. The highest BCUT2D eigenvalue weighted by Crippen LogP contribution is 2.14. The van der Waals surface area contributed by atoms with E-state index in [9.17, 15) is 0 Å². The molecule has 0 radical (unpaired) electrons. The van der Waals surface area contributed by atoms with Crippen molar-refractivity contribution in [3.05, 3.63) is 23.9 Å². The van der Waals surface area contributed by atoms with E-state index in [1.165, 1.54) is 11.0 Å². The first-order valence-electron chi connectivity index (χ1n) is 6.32. The molecule has 1 unspecified atom stereocenters. The Balaban J connectivity index is 1.96. The van der Waals surface area contributed by atoms with Gasteiger partial charge >= 0.3 is 0 Å². The minimum absolute atomic E-state index is 0.110. The Hall–Kier alpha value is -2.27. The van der Waals surface area contributed by atoms with Crippen LogP contribution in [-0.2, 0) is 11.3 Å². The number of hydrogen-bond acceptors (Lipinski definition) is 7. The van der Waals surface area contributed by atoms with E-state index in [1.807, 2.05) is 13.0 Å². The van der Waals surface area contributed by atoms with Crippen LogP contribution < -0.4 is 0 Å². The summed E-state index contributed by atoms with van der Waals surface area (Å²) in [7, 11) is 0. The molecule has 0 amide bonds. The highest BCUT2D eigenvalue weighted by molar-refractivity contribution is 5.05. The smallest absolute Gasteiger partial charge is 0.252 e. The van der Waals surface area contributed by atoms with Crippen LogP contribution >= 0.6 is 0 Å². The van der Waals surface area contributed by atoms with E-state index in [0.29, 0.717) is 24.2 Å². The summed E-state index contributed by atoms with van der Waals surface area (Å²) in [5.41, 5.74) is 0. The van der Waals surface area contributed by atoms with Gasteiger partial charge in [-0.1, -0.05) is 19.0 Å². The van der Waals surface area contributed by atoms with Crippen LogP contribution in [0.25, 0.3) is 0 Å². The Morgan fingerprint density at radius 3 is 2.90 bits per heavy atom. The van der Waals surface area contributed by atoms with Crippen molar-refractivity contribution in [1.29, 1.82) is 5.26 Å². The van der Waals surface area contributed by atoms with Gasteiger partial charge in [0.05, 0.1) is 0 Å². The molecule has 2 heterocycles. The molecule has 8 nitrogen and oxygen atoms in total. The number of ether oxygens (including phenoxy) is 1. The molecule has 0 N–H and O–H groups in total. The predicted molar refractivity (Wildman–Crippen MR) is 67.3 cm³/mol. The van der Waals surface area contributed by atoms with E-state index >= 15 is 0 Å². The summed E-state index contributed by atoms with van der Waals surface area (Å²) in [6.45, 7) is 6.94. The minimum atomic E-state index is -0.222. The average Bonchev–Trinajstić information content (AvgIpc) is 3.05. The molecule has 0 aliphatic rings. The van der Waals surface area contributed by atoms with Gasteiger partial charge in [-0.2, -0.15) is 10.2 Å². The van der Waals surface area contributed by atoms with Crippen molar-refractivity contribution >= 4 is 0 Å². The van der Waals surface area contributed by atoms with Gasteiger partial charge in [-0.3, -0.25) is 0 Å². The monoisotopic (exact) mass is 276 g/mol. The summed E-state index contributed by atoms with van der Waals surface area (Å²) in [5.74, 6) is 1.46. The van der Waals surface area contributed by atoms with Crippen LogP contribution in [0.15, 0.2) is 10.9 Å². The lowest BCUT2D eigenvalue weighted by molar-refractivity contribution is 0.0402. The summed E-state index contributed by atoms with van der Waals surface area (Å²) in [6, 6.07) is 1.85.